The van der Waals surface area contributed by atoms with E-state index in [-0.39, 0.29) is 0 Å². The monoisotopic (exact) mass is 235 g/mol. The molecule has 4 nitrogen and oxygen atoms in total. The lowest BCUT2D eigenvalue weighted by Crippen LogP contribution is -2.49. The molecule has 0 aliphatic carbocycles. The number of carboxylic acids is 1. The molecule has 0 heterocycles. The number of rotatable bonds is 5. The van der Waals surface area contributed by atoms with Gasteiger partial charge in [-0.2, -0.15) is 0 Å². The maximum atomic E-state index is 11.5. The third-order valence-electron chi connectivity index (χ3n) is 3.15. The van der Waals surface area contributed by atoms with Crippen molar-refractivity contribution < 1.29 is 14.7 Å². The fourth-order valence-corrected chi connectivity index (χ4v) is 2.00. The lowest BCUT2D eigenvalue weighted by molar-refractivity contribution is -0.155. The van der Waals surface area contributed by atoms with Gasteiger partial charge in [0.1, 0.15) is 0 Å². The molecule has 1 rings (SSSR count). The normalized spacial score (nSPS) is 13.8. The fourth-order valence-electron chi connectivity index (χ4n) is 2.00. The molecule has 1 unspecified atom stereocenters. The maximum absolute atomic E-state index is 11.5. The summed E-state index contributed by atoms with van der Waals surface area (Å²) in [6.07, 6.45) is 0.873. The van der Waals surface area contributed by atoms with Crippen LogP contribution in [0.15, 0.2) is 24.3 Å². The summed E-state index contributed by atoms with van der Waals surface area (Å²) in [5, 5.41) is 9.45. The zero-order chi connectivity index (χ0) is 13.1. The van der Waals surface area contributed by atoms with Gasteiger partial charge in [0.05, 0.1) is 0 Å². The Labute approximate surface area is 101 Å². The number of carbonyl (C=O) groups excluding carboxylic acids is 1. The summed E-state index contributed by atoms with van der Waals surface area (Å²) in [4.78, 5) is 23.7. The minimum atomic E-state index is -1.28. The Morgan fingerprint density at radius 2 is 1.94 bits per heavy atom. The van der Waals surface area contributed by atoms with Crippen LogP contribution in [0.3, 0.4) is 0 Å². The first-order valence-electron chi connectivity index (χ1n) is 5.47. The second-order valence-corrected chi connectivity index (χ2v) is 4.10. The van der Waals surface area contributed by atoms with E-state index < -0.39 is 11.5 Å². The molecule has 4 heteroatoms. The Balaban J connectivity index is 3.36. The van der Waals surface area contributed by atoms with Crippen molar-refractivity contribution in [2.75, 3.05) is 7.05 Å². The Hall–Kier alpha value is -1.84. The van der Waals surface area contributed by atoms with Crippen LogP contribution in [0.2, 0.25) is 0 Å². The Morgan fingerprint density at radius 1 is 1.41 bits per heavy atom. The topological polar surface area (TPSA) is 57.6 Å². The summed E-state index contributed by atoms with van der Waals surface area (Å²) >= 11 is 0. The van der Waals surface area contributed by atoms with Gasteiger partial charge in [-0.05, 0) is 18.9 Å². The van der Waals surface area contributed by atoms with Gasteiger partial charge in [-0.25, -0.2) is 4.79 Å². The number of aliphatic carboxylic acids is 1. The van der Waals surface area contributed by atoms with E-state index in [1.54, 1.807) is 19.1 Å². The molecule has 92 valence electrons. The van der Waals surface area contributed by atoms with Crippen LogP contribution in [0, 0.1) is 6.92 Å². The van der Waals surface area contributed by atoms with E-state index in [1.807, 2.05) is 19.1 Å². The Kier molecular flexibility index (Phi) is 3.89. The minimum absolute atomic E-state index is 0.320. The smallest absolute Gasteiger partial charge is 0.334 e. The lowest BCUT2D eigenvalue weighted by atomic mass is 9.85. The van der Waals surface area contributed by atoms with Crippen molar-refractivity contribution in [1.29, 1.82) is 0 Å². The quantitative estimate of drug-likeness (QED) is 0.791. The zero-order valence-electron chi connectivity index (χ0n) is 10.3. The van der Waals surface area contributed by atoms with Gasteiger partial charge >= 0.3 is 5.97 Å². The third kappa shape index (κ3) is 2.16. The molecule has 17 heavy (non-hydrogen) atoms. The van der Waals surface area contributed by atoms with Crippen molar-refractivity contribution in [3.63, 3.8) is 0 Å². The number of amides is 1. The number of carboxylic acid groups (broad SMARTS) is 1. The van der Waals surface area contributed by atoms with Crippen LogP contribution in [0.4, 0.5) is 0 Å². The first kappa shape index (κ1) is 13.2. The number of hydrogen-bond acceptors (Lipinski definition) is 2. The highest BCUT2D eigenvalue weighted by molar-refractivity contribution is 5.83. The van der Waals surface area contributed by atoms with Gasteiger partial charge in [0.25, 0.3) is 0 Å². The van der Waals surface area contributed by atoms with Gasteiger partial charge in [0, 0.05) is 7.05 Å². The molecule has 0 bridgehead atoms. The van der Waals surface area contributed by atoms with E-state index in [0.29, 0.717) is 18.4 Å². The average Bonchev–Trinajstić information content (AvgIpc) is 2.32. The number of hydrogen-bond donors (Lipinski definition) is 1. The summed E-state index contributed by atoms with van der Waals surface area (Å²) in [5.41, 5.74) is 0.390. The summed E-state index contributed by atoms with van der Waals surface area (Å²) < 4.78 is 0. The highest BCUT2D eigenvalue weighted by atomic mass is 16.4. The first-order valence-corrected chi connectivity index (χ1v) is 5.47. The molecule has 0 fully saturated rings. The van der Waals surface area contributed by atoms with Gasteiger partial charge < -0.3 is 10.0 Å². The molecule has 0 spiro atoms. The average molecular weight is 235 g/mol. The van der Waals surface area contributed by atoms with Gasteiger partial charge in [-0.3, -0.25) is 4.79 Å². The van der Waals surface area contributed by atoms with Crippen molar-refractivity contribution in [2.24, 2.45) is 0 Å². The van der Waals surface area contributed by atoms with E-state index in [1.165, 1.54) is 11.9 Å². The van der Waals surface area contributed by atoms with Crippen molar-refractivity contribution in [3.8, 4) is 0 Å². The number of nitrogens with zero attached hydrogens (tertiary/aromatic N) is 1. The molecular weight excluding hydrogens is 218 g/mol. The molecule has 0 saturated heterocycles. The van der Waals surface area contributed by atoms with Crippen LogP contribution >= 0.6 is 0 Å². The maximum Gasteiger partial charge on any atom is 0.334 e. The van der Waals surface area contributed by atoms with Crippen molar-refractivity contribution in [2.45, 2.75) is 25.8 Å². The van der Waals surface area contributed by atoms with Crippen LogP contribution in [0.25, 0.3) is 0 Å². The summed E-state index contributed by atoms with van der Waals surface area (Å²) in [6, 6.07) is 7.21. The fraction of sp³-hybridized carbons (Fsp3) is 0.385. The van der Waals surface area contributed by atoms with E-state index >= 15 is 0 Å². The lowest BCUT2D eigenvalue weighted by Gasteiger charge is -2.35. The summed E-state index contributed by atoms with van der Waals surface area (Å²) in [5.74, 6) is -1.02. The number of likely N-dealkylation sites (N-methyl/N-ethyl adjacent to an activating group) is 1. The second-order valence-electron chi connectivity index (χ2n) is 4.10. The summed E-state index contributed by atoms with van der Waals surface area (Å²) in [6.45, 7) is 3.69. The van der Waals surface area contributed by atoms with Gasteiger partial charge in [-0.15, -0.1) is 0 Å². The molecule has 0 radical (unpaired) electrons. The van der Waals surface area contributed by atoms with Crippen LogP contribution < -0.4 is 0 Å². The largest absolute Gasteiger partial charge is 0.479 e. The standard InChI is InChI=1S/C13H17NO3/c1-4-13(12(16)17,14(3)9-15)11-7-5-10(2)6-8-11/h5-9H,4H2,1-3H3,(H,16,17). The molecule has 1 aromatic rings. The van der Waals surface area contributed by atoms with E-state index in [9.17, 15) is 14.7 Å². The van der Waals surface area contributed by atoms with Crippen molar-refractivity contribution >= 4 is 12.4 Å². The molecule has 0 aliphatic heterocycles. The summed E-state index contributed by atoms with van der Waals surface area (Å²) in [7, 11) is 1.49. The number of aryl methyl sites for hydroxylation is 1. The van der Waals surface area contributed by atoms with E-state index in [0.717, 1.165) is 5.56 Å². The minimum Gasteiger partial charge on any atom is -0.479 e. The van der Waals surface area contributed by atoms with Gasteiger partial charge in [-0.1, -0.05) is 36.8 Å². The van der Waals surface area contributed by atoms with Crippen LogP contribution in [-0.4, -0.2) is 29.4 Å². The highest BCUT2D eigenvalue weighted by Crippen LogP contribution is 2.31. The molecule has 1 N–H and O–H groups in total. The molecule has 1 aromatic carbocycles. The van der Waals surface area contributed by atoms with Crippen LogP contribution in [0.1, 0.15) is 24.5 Å². The van der Waals surface area contributed by atoms with Crippen molar-refractivity contribution in [3.05, 3.63) is 35.4 Å². The number of carbonyl (C=O) groups is 2. The van der Waals surface area contributed by atoms with E-state index in [4.69, 9.17) is 0 Å². The van der Waals surface area contributed by atoms with Gasteiger partial charge in [0.2, 0.25) is 6.41 Å². The molecule has 0 aromatic heterocycles. The Bertz CT molecular complexity index is 413. The molecule has 1 atom stereocenters. The predicted molar refractivity (Wildman–Crippen MR) is 64.6 cm³/mol. The zero-order valence-corrected chi connectivity index (χ0v) is 10.3. The number of benzene rings is 1. The molecule has 0 aliphatic rings. The molecule has 0 saturated carbocycles. The van der Waals surface area contributed by atoms with Gasteiger partial charge in [0.15, 0.2) is 5.54 Å². The second kappa shape index (κ2) is 4.99. The predicted octanol–water partition coefficient (Wildman–Crippen LogP) is 1.77. The highest BCUT2D eigenvalue weighted by Gasteiger charge is 2.42. The van der Waals surface area contributed by atoms with Crippen LogP contribution in [-0.2, 0) is 15.1 Å². The van der Waals surface area contributed by atoms with Crippen LogP contribution in [0.5, 0.6) is 0 Å². The first-order chi connectivity index (χ1) is 7.98. The third-order valence-corrected chi connectivity index (χ3v) is 3.15. The molecular formula is C13H17NO3. The molecule has 1 amide bonds. The van der Waals surface area contributed by atoms with E-state index in [2.05, 4.69) is 0 Å². The Morgan fingerprint density at radius 3 is 2.29 bits per heavy atom. The van der Waals surface area contributed by atoms with Crippen molar-refractivity contribution in [1.82, 2.24) is 4.90 Å². The SMILES string of the molecule is CCC(C(=O)O)(c1ccc(C)cc1)N(C)C=O.